The van der Waals surface area contributed by atoms with E-state index in [1.54, 1.807) is 4.31 Å². The summed E-state index contributed by atoms with van der Waals surface area (Å²) in [4.78, 5) is 0.573. The van der Waals surface area contributed by atoms with E-state index in [9.17, 15) is 8.42 Å². The molecule has 0 radical (unpaired) electrons. The highest BCUT2D eigenvalue weighted by Gasteiger charge is 2.34. The fraction of sp³-hybridized carbons (Fsp3) is 0.556. The molecule has 3 rings (SSSR count). The minimum atomic E-state index is -3.52. The summed E-state index contributed by atoms with van der Waals surface area (Å²) < 4.78 is 29.6. The summed E-state index contributed by atoms with van der Waals surface area (Å²) in [6.07, 6.45) is 2.88. The van der Waals surface area contributed by atoms with E-state index in [1.165, 1.54) is 11.1 Å². The largest absolute Gasteiger partial charge is 0.243 e. The monoisotopic (exact) mass is 441 g/mol. The molecule has 1 heterocycles. The van der Waals surface area contributed by atoms with Crippen LogP contribution in [0, 0.1) is 5.92 Å². The van der Waals surface area contributed by atoms with Crippen LogP contribution in [0.15, 0.2) is 47.4 Å². The van der Waals surface area contributed by atoms with Gasteiger partial charge in [0.25, 0.3) is 0 Å². The fourth-order valence-corrected chi connectivity index (χ4v) is 6.75. The average molecular weight is 442 g/mol. The van der Waals surface area contributed by atoms with E-state index in [0.29, 0.717) is 29.8 Å². The Morgan fingerprint density at radius 3 is 1.81 bits per heavy atom. The second-order valence-corrected chi connectivity index (χ2v) is 11.9. The van der Waals surface area contributed by atoms with Crippen LogP contribution in [0.5, 0.6) is 0 Å². The SMILES string of the molecule is CC(C)c1cc(C(C)C)c(S(=O)(=O)N2CCC(Cc3ccccc3)CC2)c(C(C)C)c1. The third-order valence-electron chi connectivity index (χ3n) is 6.62. The lowest BCUT2D eigenvalue weighted by Crippen LogP contribution is -2.39. The lowest BCUT2D eigenvalue weighted by molar-refractivity contribution is 0.272. The summed E-state index contributed by atoms with van der Waals surface area (Å²) in [5.74, 6) is 1.25. The highest BCUT2D eigenvalue weighted by atomic mass is 32.2. The molecule has 0 bridgehead atoms. The summed E-state index contributed by atoms with van der Waals surface area (Å²) in [5, 5.41) is 0. The van der Waals surface area contributed by atoms with E-state index < -0.39 is 10.0 Å². The molecule has 3 nitrogen and oxygen atoms in total. The first-order valence-corrected chi connectivity index (χ1v) is 13.3. The normalized spacial score (nSPS) is 16.5. The van der Waals surface area contributed by atoms with Gasteiger partial charge in [0.2, 0.25) is 10.0 Å². The van der Waals surface area contributed by atoms with Crippen molar-refractivity contribution in [2.75, 3.05) is 13.1 Å². The van der Waals surface area contributed by atoms with Gasteiger partial charge in [0, 0.05) is 13.1 Å². The van der Waals surface area contributed by atoms with Gasteiger partial charge in [-0.25, -0.2) is 8.42 Å². The Hall–Kier alpha value is -1.65. The summed E-state index contributed by atoms with van der Waals surface area (Å²) in [6.45, 7) is 14.0. The number of rotatable bonds is 7. The smallest absolute Gasteiger partial charge is 0.207 e. The lowest BCUT2D eigenvalue weighted by Gasteiger charge is -2.33. The highest BCUT2D eigenvalue weighted by molar-refractivity contribution is 7.89. The van der Waals surface area contributed by atoms with Gasteiger partial charge in [-0.15, -0.1) is 0 Å². The van der Waals surface area contributed by atoms with Crippen molar-refractivity contribution in [3.05, 3.63) is 64.7 Å². The Morgan fingerprint density at radius 2 is 1.35 bits per heavy atom. The molecule has 170 valence electrons. The predicted octanol–water partition coefficient (Wildman–Crippen LogP) is 6.70. The van der Waals surface area contributed by atoms with Crippen LogP contribution in [0.2, 0.25) is 0 Å². The maximum atomic E-state index is 13.9. The number of hydrogen-bond acceptors (Lipinski definition) is 2. The zero-order valence-electron chi connectivity index (χ0n) is 20.1. The first kappa shape index (κ1) is 24.0. The van der Waals surface area contributed by atoms with Gasteiger partial charge < -0.3 is 0 Å². The number of benzene rings is 2. The molecule has 31 heavy (non-hydrogen) atoms. The van der Waals surface area contributed by atoms with Crippen molar-refractivity contribution in [3.63, 3.8) is 0 Å². The number of nitrogens with zero attached hydrogens (tertiary/aromatic N) is 1. The molecule has 1 saturated heterocycles. The van der Waals surface area contributed by atoms with Crippen molar-refractivity contribution in [3.8, 4) is 0 Å². The maximum absolute atomic E-state index is 13.9. The molecule has 2 aromatic carbocycles. The summed E-state index contributed by atoms with van der Waals surface area (Å²) >= 11 is 0. The zero-order valence-corrected chi connectivity index (χ0v) is 20.9. The number of sulfonamides is 1. The Balaban J connectivity index is 1.89. The molecule has 2 aromatic rings. The molecule has 0 N–H and O–H groups in total. The summed E-state index contributed by atoms with van der Waals surface area (Å²) in [7, 11) is -3.52. The molecule has 4 heteroatoms. The topological polar surface area (TPSA) is 37.4 Å². The first-order chi connectivity index (χ1) is 14.6. The fourth-order valence-electron chi connectivity index (χ4n) is 4.62. The van der Waals surface area contributed by atoms with Crippen LogP contribution >= 0.6 is 0 Å². The van der Waals surface area contributed by atoms with Crippen LogP contribution in [-0.4, -0.2) is 25.8 Å². The molecular weight excluding hydrogens is 402 g/mol. The van der Waals surface area contributed by atoms with Crippen LogP contribution < -0.4 is 0 Å². The van der Waals surface area contributed by atoms with Gasteiger partial charge in [0.15, 0.2) is 0 Å². The van der Waals surface area contributed by atoms with Crippen LogP contribution in [0.25, 0.3) is 0 Å². The van der Waals surface area contributed by atoms with Crippen molar-refractivity contribution in [1.82, 2.24) is 4.31 Å². The van der Waals surface area contributed by atoms with Crippen LogP contribution in [0.1, 0.15) is 94.4 Å². The van der Waals surface area contributed by atoms with Crippen molar-refractivity contribution < 1.29 is 8.42 Å². The van der Waals surface area contributed by atoms with Crippen molar-refractivity contribution in [2.24, 2.45) is 5.92 Å². The van der Waals surface area contributed by atoms with Gasteiger partial charge in [-0.2, -0.15) is 4.31 Å². The molecule has 0 amide bonds. The molecule has 0 unspecified atom stereocenters. The Morgan fingerprint density at radius 1 is 0.839 bits per heavy atom. The van der Waals surface area contributed by atoms with Crippen molar-refractivity contribution in [1.29, 1.82) is 0 Å². The molecular formula is C27H39NO2S. The molecule has 0 aromatic heterocycles. The second-order valence-electron chi connectivity index (χ2n) is 10.0. The van der Waals surface area contributed by atoms with Gasteiger partial charge in [0.05, 0.1) is 4.90 Å². The van der Waals surface area contributed by atoms with Crippen LogP contribution in [-0.2, 0) is 16.4 Å². The Labute approximate surface area is 189 Å². The Kier molecular flexibility index (Phi) is 7.64. The minimum Gasteiger partial charge on any atom is -0.207 e. The molecule has 1 aliphatic heterocycles. The molecule has 1 aliphatic rings. The number of piperidine rings is 1. The first-order valence-electron chi connectivity index (χ1n) is 11.8. The van der Waals surface area contributed by atoms with Gasteiger partial charge in [-0.1, -0.05) is 84.0 Å². The zero-order chi connectivity index (χ0) is 22.8. The van der Waals surface area contributed by atoms with Crippen molar-refractivity contribution >= 4 is 10.0 Å². The molecule has 0 spiro atoms. The maximum Gasteiger partial charge on any atom is 0.243 e. The van der Waals surface area contributed by atoms with Crippen molar-refractivity contribution in [2.45, 2.75) is 83.5 Å². The van der Waals surface area contributed by atoms with E-state index in [0.717, 1.165) is 30.4 Å². The highest BCUT2D eigenvalue weighted by Crippen LogP contribution is 2.37. The second kappa shape index (κ2) is 9.87. The van der Waals surface area contributed by atoms with E-state index in [1.807, 2.05) is 6.07 Å². The van der Waals surface area contributed by atoms with Gasteiger partial charge in [-0.3, -0.25) is 0 Å². The third kappa shape index (κ3) is 5.40. The van der Waals surface area contributed by atoms with E-state index >= 15 is 0 Å². The quantitative estimate of drug-likeness (QED) is 0.479. The van der Waals surface area contributed by atoms with Gasteiger partial charge >= 0.3 is 0 Å². The Bertz CT molecular complexity index is 941. The molecule has 1 fully saturated rings. The van der Waals surface area contributed by atoms with Gasteiger partial charge in [-0.05, 0) is 65.2 Å². The molecule has 0 saturated carbocycles. The summed E-state index contributed by atoms with van der Waals surface area (Å²) in [6, 6.07) is 14.8. The number of hydrogen-bond donors (Lipinski definition) is 0. The minimum absolute atomic E-state index is 0.164. The van der Waals surface area contributed by atoms with Gasteiger partial charge in [0.1, 0.15) is 0 Å². The van der Waals surface area contributed by atoms with E-state index in [-0.39, 0.29) is 11.8 Å². The van der Waals surface area contributed by atoms with E-state index in [2.05, 4.69) is 77.9 Å². The van der Waals surface area contributed by atoms with Crippen LogP contribution in [0.3, 0.4) is 0 Å². The standard InChI is InChI=1S/C27H39NO2S/c1-19(2)24-17-25(20(3)4)27(26(18-24)21(5)6)31(29,30)28-14-12-23(13-15-28)16-22-10-8-7-9-11-22/h7-11,17-21,23H,12-16H2,1-6H3. The predicted molar refractivity (Wildman–Crippen MR) is 130 cm³/mol. The van der Waals surface area contributed by atoms with Crippen LogP contribution in [0.4, 0.5) is 0 Å². The van der Waals surface area contributed by atoms with E-state index in [4.69, 9.17) is 0 Å². The lowest BCUT2D eigenvalue weighted by atomic mass is 9.89. The molecule has 0 atom stereocenters. The molecule has 0 aliphatic carbocycles. The third-order valence-corrected chi connectivity index (χ3v) is 8.65. The average Bonchev–Trinajstić information content (AvgIpc) is 2.73. The summed E-state index contributed by atoms with van der Waals surface area (Å²) in [5.41, 5.74) is 4.52.